The second-order valence-corrected chi connectivity index (χ2v) is 11.2. The van der Waals surface area contributed by atoms with E-state index in [1.54, 1.807) is 45.0 Å². The summed E-state index contributed by atoms with van der Waals surface area (Å²) < 4.78 is 37.3. The topological polar surface area (TPSA) is 81.7 Å². The Morgan fingerprint density at radius 1 is 1.00 bits per heavy atom. The highest BCUT2D eigenvalue weighted by Gasteiger charge is 2.22. The molecule has 1 heterocycles. The Hall–Kier alpha value is -2.84. The van der Waals surface area contributed by atoms with Crippen LogP contribution in [-0.2, 0) is 21.1 Å². The average Bonchev–Trinajstić information content (AvgIpc) is 3.21. The fourth-order valence-corrected chi connectivity index (χ4v) is 5.59. The van der Waals surface area contributed by atoms with Gasteiger partial charge >= 0.3 is 6.09 Å². The summed E-state index contributed by atoms with van der Waals surface area (Å²) in [6, 6.07) is 17.7. The maximum Gasteiger partial charge on any atom is 0.407 e. The van der Waals surface area contributed by atoms with E-state index in [-0.39, 0.29) is 15.6 Å². The SMILES string of the molecule is COc1cc(-c2ccccc2)cc(S(=O)(=O)c2ccc(CNC(=O)OC(C)(C)C)s2)c1. The molecule has 1 amide bonds. The first kappa shape index (κ1) is 22.8. The molecule has 0 bridgehead atoms. The zero-order chi connectivity index (χ0) is 22.6. The molecule has 2 aromatic carbocycles. The number of nitrogens with one attached hydrogen (secondary N) is 1. The molecule has 0 unspecified atom stereocenters. The first-order chi connectivity index (χ1) is 14.6. The second-order valence-electron chi connectivity index (χ2n) is 7.84. The number of alkyl carbamates (subject to hydrolysis) is 1. The maximum absolute atomic E-state index is 13.3. The van der Waals surface area contributed by atoms with Crippen LogP contribution in [0.5, 0.6) is 5.75 Å². The summed E-state index contributed by atoms with van der Waals surface area (Å²) in [5, 5.41) is 2.64. The third kappa shape index (κ3) is 5.86. The predicted molar refractivity (Wildman–Crippen MR) is 121 cm³/mol. The van der Waals surface area contributed by atoms with Gasteiger partial charge in [0.1, 0.15) is 15.6 Å². The van der Waals surface area contributed by atoms with Crippen molar-refractivity contribution < 1.29 is 22.7 Å². The minimum Gasteiger partial charge on any atom is -0.497 e. The van der Waals surface area contributed by atoms with Gasteiger partial charge in [0.2, 0.25) is 9.84 Å². The van der Waals surface area contributed by atoms with Gasteiger partial charge in [0.05, 0.1) is 18.6 Å². The number of thiophene rings is 1. The van der Waals surface area contributed by atoms with Gasteiger partial charge in [0.15, 0.2) is 0 Å². The molecular formula is C23H25NO5S2. The first-order valence-corrected chi connectivity index (χ1v) is 11.9. The van der Waals surface area contributed by atoms with E-state index in [0.29, 0.717) is 10.6 Å². The van der Waals surface area contributed by atoms with Crippen molar-refractivity contribution in [3.63, 3.8) is 0 Å². The lowest BCUT2D eigenvalue weighted by Crippen LogP contribution is -2.31. The molecule has 1 N–H and O–H groups in total. The van der Waals surface area contributed by atoms with Crippen molar-refractivity contribution in [3.05, 3.63) is 65.5 Å². The first-order valence-electron chi connectivity index (χ1n) is 9.64. The Morgan fingerprint density at radius 2 is 1.71 bits per heavy atom. The molecule has 0 aliphatic heterocycles. The minimum absolute atomic E-state index is 0.152. The molecular weight excluding hydrogens is 434 g/mol. The fourth-order valence-electron chi connectivity index (χ4n) is 2.83. The Balaban J connectivity index is 1.85. The van der Waals surface area contributed by atoms with Gasteiger partial charge in [-0.15, -0.1) is 11.3 Å². The van der Waals surface area contributed by atoms with Crippen LogP contribution in [0.2, 0.25) is 0 Å². The normalized spacial score (nSPS) is 11.7. The molecule has 0 saturated carbocycles. The molecule has 1 aromatic heterocycles. The van der Waals surface area contributed by atoms with E-state index in [0.717, 1.165) is 22.5 Å². The average molecular weight is 460 g/mol. The lowest BCUT2D eigenvalue weighted by molar-refractivity contribution is 0.0524. The molecule has 0 atom stereocenters. The summed E-state index contributed by atoms with van der Waals surface area (Å²) in [6.45, 7) is 5.52. The molecule has 0 aliphatic carbocycles. The predicted octanol–water partition coefficient (Wildman–Crippen LogP) is 5.28. The number of sulfone groups is 1. The second kappa shape index (κ2) is 9.11. The van der Waals surface area contributed by atoms with Crippen LogP contribution in [0.1, 0.15) is 25.6 Å². The number of ether oxygens (including phenoxy) is 2. The Kier molecular flexibility index (Phi) is 6.71. The van der Waals surface area contributed by atoms with Gasteiger partial charge in [0, 0.05) is 4.88 Å². The van der Waals surface area contributed by atoms with E-state index >= 15 is 0 Å². The van der Waals surface area contributed by atoms with Gasteiger partial charge in [-0.1, -0.05) is 30.3 Å². The number of rotatable bonds is 6. The van der Waals surface area contributed by atoms with Crippen LogP contribution in [0.25, 0.3) is 11.1 Å². The molecule has 3 rings (SSSR count). The molecule has 31 heavy (non-hydrogen) atoms. The van der Waals surface area contributed by atoms with E-state index in [2.05, 4.69) is 5.32 Å². The number of benzene rings is 2. The molecule has 6 nitrogen and oxygen atoms in total. The number of hydrogen-bond acceptors (Lipinski definition) is 6. The summed E-state index contributed by atoms with van der Waals surface area (Å²) in [7, 11) is -2.25. The molecule has 3 aromatic rings. The molecule has 0 fully saturated rings. The fraction of sp³-hybridized carbons (Fsp3) is 0.261. The summed E-state index contributed by atoms with van der Waals surface area (Å²) in [6.07, 6.45) is -0.550. The standard InChI is InChI=1S/C23H25NO5S2/c1-23(2,3)29-22(25)24-15-19-10-11-21(30-19)31(26,27)20-13-17(12-18(14-20)28-4)16-8-6-5-7-9-16/h5-14H,15H2,1-4H3,(H,24,25). The van der Waals surface area contributed by atoms with Gasteiger partial charge in [-0.25, -0.2) is 13.2 Å². The van der Waals surface area contributed by atoms with Crippen molar-refractivity contribution >= 4 is 27.3 Å². The zero-order valence-electron chi connectivity index (χ0n) is 17.8. The molecule has 0 spiro atoms. The van der Waals surface area contributed by atoms with Gasteiger partial charge in [-0.05, 0) is 62.2 Å². The maximum atomic E-state index is 13.3. The quantitative estimate of drug-likeness (QED) is 0.542. The highest BCUT2D eigenvalue weighted by molar-refractivity contribution is 7.93. The van der Waals surface area contributed by atoms with Crippen molar-refractivity contribution in [1.82, 2.24) is 5.32 Å². The highest BCUT2D eigenvalue weighted by atomic mass is 32.2. The lowest BCUT2D eigenvalue weighted by Gasteiger charge is -2.19. The van der Waals surface area contributed by atoms with E-state index in [9.17, 15) is 13.2 Å². The Labute approximate surface area is 186 Å². The molecule has 0 aliphatic rings. The summed E-state index contributed by atoms with van der Waals surface area (Å²) >= 11 is 1.11. The van der Waals surface area contributed by atoms with E-state index in [1.807, 2.05) is 30.3 Å². The van der Waals surface area contributed by atoms with Gasteiger partial charge < -0.3 is 14.8 Å². The summed E-state index contributed by atoms with van der Waals surface area (Å²) in [5.41, 5.74) is 1.05. The number of carbonyl (C=O) groups is 1. The van der Waals surface area contributed by atoms with Crippen molar-refractivity contribution in [1.29, 1.82) is 0 Å². The zero-order valence-corrected chi connectivity index (χ0v) is 19.5. The van der Waals surface area contributed by atoms with Crippen LogP contribution < -0.4 is 10.1 Å². The van der Waals surface area contributed by atoms with Crippen molar-refractivity contribution in [3.8, 4) is 16.9 Å². The van der Waals surface area contributed by atoms with Crippen molar-refractivity contribution in [2.75, 3.05) is 7.11 Å². The van der Waals surface area contributed by atoms with Crippen molar-refractivity contribution in [2.24, 2.45) is 0 Å². The molecule has 0 radical (unpaired) electrons. The van der Waals surface area contributed by atoms with E-state index < -0.39 is 21.5 Å². The Morgan fingerprint density at radius 3 is 2.35 bits per heavy atom. The number of methoxy groups -OCH3 is 1. The Bertz CT molecular complexity index is 1160. The van der Waals surface area contributed by atoms with Gasteiger partial charge in [-0.3, -0.25) is 0 Å². The molecule has 0 saturated heterocycles. The third-order valence-electron chi connectivity index (χ3n) is 4.24. The monoisotopic (exact) mass is 459 g/mol. The van der Waals surface area contributed by atoms with Gasteiger partial charge in [-0.2, -0.15) is 0 Å². The van der Waals surface area contributed by atoms with Crippen LogP contribution in [0, 0.1) is 0 Å². The molecule has 164 valence electrons. The van der Waals surface area contributed by atoms with Crippen LogP contribution >= 0.6 is 11.3 Å². The van der Waals surface area contributed by atoms with Crippen molar-refractivity contribution in [2.45, 2.75) is 42.0 Å². The van der Waals surface area contributed by atoms with E-state index in [4.69, 9.17) is 9.47 Å². The lowest BCUT2D eigenvalue weighted by atomic mass is 10.1. The van der Waals surface area contributed by atoms with Crippen LogP contribution in [-0.4, -0.2) is 27.2 Å². The van der Waals surface area contributed by atoms with Gasteiger partial charge in [0.25, 0.3) is 0 Å². The van der Waals surface area contributed by atoms with Crippen LogP contribution in [0.3, 0.4) is 0 Å². The number of amides is 1. The smallest absolute Gasteiger partial charge is 0.407 e. The summed E-state index contributed by atoms with van der Waals surface area (Å²) in [5.74, 6) is 0.461. The minimum atomic E-state index is -3.75. The van der Waals surface area contributed by atoms with Crippen LogP contribution in [0.4, 0.5) is 4.79 Å². The van der Waals surface area contributed by atoms with E-state index in [1.165, 1.54) is 13.2 Å². The third-order valence-corrected chi connectivity index (χ3v) is 7.55. The highest BCUT2D eigenvalue weighted by Crippen LogP contribution is 2.33. The largest absolute Gasteiger partial charge is 0.497 e. The number of carbonyl (C=O) groups excluding carboxylic acids is 1. The molecule has 8 heteroatoms. The summed E-state index contributed by atoms with van der Waals surface area (Å²) in [4.78, 5) is 12.7. The number of hydrogen-bond donors (Lipinski definition) is 1. The van der Waals surface area contributed by atoms with Crippen LogP contribution in [0.15, 0.2) is 69.8 Å².